The topological polar surface area (TPSA) is 61.8 Å². The second kappa shape index (κ2) is 8.97. The SMILES string of the molecule is CCN(CC)C(=O)NCC(O)COc1cccc(Cl)c1Cl. The summed E-state index contributed by atoms with van der Waals surface area (Å²) in [4.78, 5) is 13.3. The van der Waals surface area contributed by atoms with Crippen LogP contribution in [0.5, 0.6) is 5.75 Å². The van der Waals surface area contributed by atoms with E-state index in [2.05, 4.69) is 5.32 Å². The molecule has 0 aliphatic carbocycles. The predicted octanol–water partition coefficient (Wildman–Crippen LogP) is 2.78. The first kappa shape index (κ1) is 17.9. The van der Waals surface area contributed by atoms with E-state index >= 15 is 0 Å². The number of ether oxygens (including phenoxy) is 1. The molecule has 0 saturated heterocycles. The van der Waals surface area contributed by atoms with Crippen molar-refractivity contribution >= 4 is 29.2 Å². The van der Waals surface area contributed by atoms with Crippen molar-refractivity contribution in [2.45, 2.75) is 20.0 Å². The maximum atomic E-state index is 11.7. The summed E-state index contributed by atoms with van der Waals surface area (Å²) < 4.78 is 5.39. The van der Waals surface area contributed by atoms with Crippen LogP contribution in [0, 0.1) is 0 Å². The van der Waals surface area contributed by atoms with Crippen molar-refractivity contribution in [3.63, 3.8) is 0 Å². The van der Waals surface area contributed by atoms with E-state index in [9.17, 15) is 9.90 Å². The Labute approximate surface area is 134 Å². The maximum Gasteiger partial charge on any atom is 0.317 e. The fourth-order valence-corrected chi connectivity index (χ4v) is 2.01. The van der Waals surface area contributed by atoms with Gasteiger partial charge in [-0.25, -0.2) is 4.79 Å². The number of urea groups is 1. The average molecular weight is 335 g/mol. The number of benzene rings is 1. The van der Waals surface area contributed by atoms with E-state index in [0.717, 1.165) is 0 Å². The van der Waals surface area contributed by atoms with Crippen LogP contribution >= 0.6 is 23.2 Å². The number of carbonyl (C=O) groups is 1. The van der Waals surface area contributed by atoms with Crippen molar-refractivity contribution in [1.82, 2.24) is 10.2 Å². The van der Waals surface area contributed by atoms with E-state index in [0.29, 0.717) is 28.9 Å². The lowest BCUT2D eigenvalue weighted by atomic mass is 10.3. The number of amides is 2. The molecular formula is C14H20Cl2N2O3. The Morgan fingerprint density at radius 1 is 1.38 bits per heavy atom. The molecule has 0 radical (unpaired) electrons. The summed E-state index contributed by atoms with van der Waals surface area (Å²) in [5, 5.41) is 13.1. The molecule has 118 valence electrons. The van der Waals surface area contributed by atoms with Crippen molar-refractivity contribution in [1.29, 1.82) is 0 Å². The molecular weight excluding hydrogens is 315 g/mol. The zero-order valence-electron chi connectivity index (χ0n) is 12.1. The van der Waals surface area contributed by atoms with Gasteiger partial charge in [-0.2, -0.15) is 0 Å². The van der Waals surface area contributed by atoms with E-state index < -0.39 is 6.10 Å². The van der Waals surface area contributed by atoms with Crippen molar-refractivity contribution in [3.8, 4) is 5.75 Å². The van der Waals surface area contributed by atoms with Gasteiger partial charge in [0.2, 0.25) is 0 Å². The van der Waals surface area contributed by atoms with Crippen molar-refractivity contribution in [2.24, 2.45) is 0 Å². The first-order chi connectivity index (χ1) is 9.99. The predicted molar refractivity (Wildman–Crippen MR) is 84.3 cm³/mol. The van der Waals surface area contributed by atoms with Crippen LogP contribution in [0.1, 0.15) is 13.8 Å². The van der Waals surface area contributed by atoms with Crippen LogP contribution < -0.4 is 10.1 Å². The van der Waals surface area contributed by atoms with Gasteiger partial charge in [-0.05, 0) is 26.0 Å². The standard InChI is InChI=1S/C14H20Cl2N2O3/c1-3-18(4-2)14(20)17-8-10(19)9-21-12-7-5-6-11(15)13(12)16/h5-7,10,19H,3-4,8-9H2,1-2H3,(H,17,20). The number of nitrogens with zero attached hydrogens (tertiary/aromatic N) is 1. The normalized spacial score (nSPS) is 11.9. The van der Waals surface area contributed by atoms with Crippen LogP contribution in [0.4, 0.5) is 4.79 Å². The van der Waals surface area contributed by atoms with Gasteiger partial charge in [-0.15, -0.1) is 0 Å². The highest BCUT2D eigenvalue weighted by atomic mass is 35.5. The molecule has 0 heterocycles. The van der Waals surface area contributed by atoms with Gasteiger partial charge in [0.05, 0.1) is 5.02 Å². The van der Waals surface area contributed by atoms with Crippen molar-refractivity contribution in [3.05, 3.63) is 28.2 Å². The van der Waals surface area contributed by atoms with Crippen LogP contribution in [0.3, 0.4) is 0 Å². The van der Waals surface area contributed by atoms with E-state index in [-0.39, 0.29) is 19.2 Å². The Balaban J connectivity index is 2.39. The summed E-state index contributed by atoms with van der Waals surface area (Å²) in [6, 6.07) is 4.81. The third kappa shape index (κ3) is 5.61. The lowest BCUT2D eigenvalue weighted by Crippen LogP contribution is -2.43. The molecule has 0 aliphatic heterocycles. The molecule has 5 nitrogen and oxygen atoms in total. The number of nitrogens with one attached hydrogen (secondary N) is 1. The van der Waals surface area contributed by atoms with Gasteiger partial charge in [0.15, 0.2) is 0 Å². The van der Waals surface area contributed by atoms with Gasteiger partial charge >= 0.3 is 6.03 Å². The Kier molecular flexibility index (Phi) is 7.64. The van der Waals surface area contributed by atoms with E-state index in [1.54, 1.807) is 23.1 Å². The third-order valence-corrected chi connectivity index (χ3v) is 3.69. The third-order valence-electron chi connectivity index (χ3n) is 2.89. The lowest BCUT2D eigenvalue weighted by molar-refractivity contribution is 0.105. The van der Waals surface area contributed by atoms with Crippen LogP contribution in [0.2, 0.25) is 10.0 Å². The Morgan fingerprint density at radius 3 is 2.67 bits per heavy atom. The Bertz CT molecular complexity index is 468. The second-order valence-electron chi connectivity index (χ2n) is 4.38. The smallest absolute Gasteiger partial charge is 0.317 e. The molecule has 0 bridgehead atoms. The van der Waals surface area contributed by atoms with Gasteiger partial charge in [0.1, 0.15) is 23.5 Å². The maximum absolute atomic E-state index is 11.7. The monoisotopic (exact) mass is 334 g/mol. The van der Waals surface area contributed by atoms with Crippen LogP contribution in [0.15, 0.2) is 18.2 Å². The van der Waals surface area contributed by atoms with Crippen LogP contribution in [-0.2, 0) is 0 Å². The Hall–Kier alpha value is -1.17. The molecule has 1 rings (SSSR count). The molecule has 0 aromatic heterocycles. The first-order valence-electron chi connectivity index (χ1n) is 6.77. The highest BCUT2D eigenvalue weighted by Gasteiger charge is 2.13. The first-order valence-corrected chi connectivity index (χ1v) is 7.52. The van der Waals surface area contributed by atoms with Crippen molar-refractivity contribution in [2.75, 3.05) is 26.2 Å². The highest BCUT2D eigenvalue weighted by Crippen LogP contribution is 2.31. The van der Waals surface area contributed by atoms with Crippen molar-refractivity contribution < 1.29 is 14.6 Å². The fraction of sp³-hybridized carbons (Fsp3) is 0.500. The second-order valence-corrected chi connectivity index (χ2v) is 5.16. The van der Waals surface area contributed by atoms with Crippen LogP contribution in [0.25, 0.3) is 0 Å². The fourth-order valence-electron chi connectivity index (χ4n) is 1.67. The van der Waals surface area contributed by atoms with E-state index in [4.69, 9.17) is 27.9 Å². The number of carbonyl (C=O) groups excluding carboxylic acids is 1. The summed E-state index contributed by atoms with van der Waals surface area (Å²) in [5.41, 5.74) is 0. The average Bonchev–Trinajstić information content (AvgIpc) is 2.48. The zero-order chi connectivity index (χ0) is 15.8. The number of halogens is 2. The van der Waals surface area contributed by atoms with Gasteiger partial charge in [0.25, 0.3) is 0 Å². The minimum Gasteiger partial charge on any atom is -0.489 e. The molecule has 2 N–H and O–H groups in total. The molecule has 0 spiro atoms. The number of aliphatic hydroxyl groups is 1. The Morgan fingerprint density at radius 2 is 2.05 bits per heavy atom. The molecule has 0 fully saturated rings. The summed E-state index contributed by atoms with van der Waals surface area (Å²) in [6.45, 7) is 5.14. The molecule has 1 atom stereocenters. The van der Waals surface area contributed by atoms with E-state index in [1.807, 2.05) is 13.8 Å². The van der Waals surface area contributed by atoms with Gasteiger partial charge in [-0.3, -0.25) is 0 Å². The number of hydrogen-bond acceptors (Lipinski definition) is 3. The summed E-state index contributed by atoms with van der Waals surface area (Å²) >= 11 is 11.8. The zero-order valence-corrected chi connectivity index (χ0v) is 13.6. The molecule has 1 aromatic carbocycles. The van der Waals surface area contributed by atoms with Crippen LogP contribution in [-0.4, -0.2) is 48.4 Å². The molecule has 2 amide bonds. The quantitative estimate of drug-likeness (QED) is 0.805. The molecule has 1 unspecified atom stereocenters. The minimum absolute atomic E-state index is 0.0125. The summed E-state index contributed by atoms with van der Waals surface area (Å²) in [5.74, 6) is 0.401. The van der Waals surface area contributed by atoms with E-state index in [1.165, 1.54) is 0 Å². The molecule has 0 saturated carbocycles. The lowest BCUT2D eigenvalue weighted by Gasteiger charge is -2.20. The van der Waals surface area contributed by atoms with Gasteiger partial charge < -0.3 is 20.1 Å². The largest absolute Gasteiger partial charge is 0.489 e. The number of rotatable bonds is 7. The molecule has 21 heavy (non-hydrogen) atoms. The molecule has 0 aliphatic rings. The highest BCUT2D eigenvalue weighted by molar-refractivity contribution is 6.42. The minimum atomic E-state index is -0.834. The summed E-state index contributed by atoms with van der Waals surface area (Å²) in [7, 11) is 0. The number of aliphatic hydroxyl groups excluding tert-OH is 1. The molecule has 7 heteroatoms. The van der Waals surface area contributed by atoms with Gasteiger partial charge in [-0.1, -0.05) is 29.3 Å². The summed E-state index contributed by atoms with van der Waals surface area (Å²) in [6.07, 6.45) is -0.834. The van der Waals surface area contributed by atoms with Gasteiger partial charge in [0, 0.05) is 19.6 Å². The molecule has 1 aromatic rings. The number of hydrogen-bond donors (Lipinski definition) is 2.